The van der Waals surface area contributed by atoms with E-state index in [0.717, 1.165) is 22.1 Å². The van der Waals surface area contributed by atoms with Crippen LogP contribution in [0.25, 0.3) is 0 Å². The molecule has 0 aliphatic carbocycles. The maximum atomic E-state index is 12.2. The van der Waals surface area contributed by atoms with Crippen LogP contribution in [0.1, 0.15) is 19.4 Å². The predicted octanol–water partition coefficient (Wildman–Crippen LogP) is 1.44. The van der Waals surface area contributed by atoms with Crippen molar-refractivity contribution in [3.05, 3.63) is 28.2 Å². The average molecular weight is 354 g/mol. The van der Waals surface area contributed by atoms with Crippen LogP contribution >= 0.6 is 15.9 Å². The molecule has 0 aromatic heterocycles. The lowest BCUT2D eigenvalue weighted by atomic mass is 10.1. The summed E-state index contributed by atoms with van der Waals surface area (Å²) in [6.07, 6.45) is 0.833. The van der Waals surface area contributed by atoms with Gasteiger partial charge in [-0.05, 0) is 36.1 Å². The number of nitrogens with one attached hydrogen (secondary N) is 1. The summed E-state index contributed by atoms with van der Waals surface area (Å²) >= 11 is 3.43. The van der Waals surface area contributed by atoms with Gasteiger partial charge < -0.3 is 16.0 Å². The van der Waals surface area contributed by atoms with Gasteiger partial charge in [0.05, 0.1) is 12.6 Å². The zero-order chi connectivity index (χ0) is 15.6. The highest BCUT2D eigenvalue weighted by Gasteiger charge is 2.25. The Hall–Kier alpha value is -1.40. The summed E-state index contributed by atoms with van der Waals surface area (Å²) in [6.45, 7) is 4.38. The Bertz CT molecular complexity index is 560. The molecule has 2 rings (SSSR count). The number of rotatable bonds is 4. The Morgan fingerprint density at radius 2 is 2.14 bits per heavy atom. The molecule has 0 radical (unpaired) electrons. The van der Waals surface area contributed by atoms with E-state index >= 15 is 0 Å². The molecule has 0 spiro atoms. The second-order valence-electron chi connectivity index (χ2n) is 5.56. The van der Waals surface area contributed by atoms with Crippen LogP contribution in [0.2, 0.25) is 0 Å². The zero-order valence-electron chi connectivity index (χ0n) is 12.2. The second kappa shape index (κ2) is 6.58. The first-order chi connectivity index (χ1) is 9.90. The van der Waals surface area contributed by atoms with Crippen molar-refractivity contribution in [2.75, 3.05) is 18.0 Å². The molecule has 114 valence electrons. The van der Waals surface area contributed by atoms with E-state index in [-0.39, 0.29) is 24.3 Å². The van der Waals surface area contributed by atoms with E-state index in [1.807, 2.05) is 32.0 Å². The van der Waals surface area contributed by atoms with Crippen LogP contribution in [0.5, 0.6) is 0 Å². The largest absolute Gasteiger partial charge is 0.346 e. The molecule has 1 aromatic carbocycles. The van der Waals surface area contributed by atoms with Gasteiger partial charge in [-0.15, -0.1) is 0 Å². The van der Waals surface area contributed by atoms with Gasteiger partial charge in [0.25, 0.3) is 0 Å². The fourth-order valence-electron chi connectivity index (χ4n) is 2.31. The van der Waals surface area contributed by atoms with Gasteiger partial charge in [0.2, 0.25) is 11.8 Å². The normalized spacial score (nSPS) is 15.0. The Balaban J connectivity index is 1.96. The molecule has 1 aliphatic heterocycles. The summed E-state index contributed by atoms with van der Waals surface area (Å²) < 4.78 is 1.01. The number of nitrogens with two attached hydrogens (primary N) is 1. The van der Waals surface area contributed by atoms with E-state index < -0.39 is 6.04 Å². The van der Waals surface area contributed by atoms with Gasteiger partial charge in [0, 0.05) is 16.7 Å². The maximum absolute atomic E-state index is 12.2. The van der Waals surface area contributed by atoms with E-state index in [0.29, 0.717) is 6.54 Å². The minimum Gasteiger partial charge on any atom is -0.346 e. The fraction of sp³-hybridized carbons (Fsp3) is 0.467. The third-order valence-electron chi connectivity index (χ3n) is 3.67. The molecule has 0 unspecified atom stereocenters. The lowest BCUT2D eigenvalue weighted by molar-refractivity contribution is -0.126. The maximum Gasteiger partial charge on any atom is 0.246 e. The fourth-order valence-corrected chi connectivity index (χ4v) is 2.72. The van der Waals surface area contributed by atoms with Crippen LogP contribution in [-0.2, 0) is 16.0 Å². The molecule has 0 fully saturated rings. The standard InChI is InChI=1S/C15H20BrN3O2/c1-9(2)14(17)15(21)18-8-13(20)19-6-5-10-7-11(16)3-4-12(10)19/h3-4,7,9,14H,5-6,8,17H2,1-2H3,(H,18,21)/t14-/m0/s1. The molecular weight excluding hydrogens is 334 g/mol. The Kier molecular flexibility index (Phi) is 5.00. The first-order valence-corrected chi connectivity index (χ1v) is 7.81. The Labute approximate surface area is 133 Å². The number of nitrogens with zero attached hydrogens (tertiary/aromatic N) is 1. The number of halogens is 1. The van der Waals surface area contributed by atoms with Crippen LogP contribution in [0.3, 0.4) is 0 Å². The molecule has 0 saturated heterocycles. The van der Waals surface area contributed by atoms with E-state index in [1.54, 1.807) is 4.90 Å². The van der Waals surface area contributed by atoms with Gasteiger partial charge in [0.15, 0.2) is 0 Å². The lowest BCUT2D eigenvalue weighted by Gasteiger charge is -2.19. The third-order valence-corrected chi connectivity index (χ3v) is 4.17. The first kappa shape index (κ1) is 16.0. The topological polar surface area (TPSA) is 75.4 Å². The van der Waals surface area contributed by atoms with Crippen LogP contribution in [0, 0.1) is 5.92 Å². The van der Waals surface area contributed by atoms with E-state index in [1.165, 1.54) is 0 Å². The van der Waals surface area contributed by atoms with E-state index in [4.69, 9.17) is 5.73 Å². The molecule has 1 atom stereocenters. The monoisotopic (exact) mass is 353 g/mol. The molecule has 0 bridgehead atoms. The number of hydrogen-bond acceptors (Lipinski definition) is 3. The molecule has 1 heterocycles. The Morgan fingerprint density at radius 1 is 1.43 bits per heavy atom. The van der Waals surface area contributed by atoms with Gasteiger partial charge in [0.1, 0.15) is 0 Å². The molecule has 21 heavy (non-hydrogen) atoms. The summed E-state index contributed by atoms with van der Waals surface area (Å²) in [4.78, 5) is 25.7. The van der Waals surface area contributed by atoms with Gasteiger partial charge in [-0.25, -0.2) is 0 Å². The number of anilines is 1. The second-order valence-corrected chi connectivity index (χ2v) is 6.47. The SMILES string of the molecule is CC(C)[C@H](N)C(=O)NCC(=O)N1CCc2cc(Br)ccc21. The van der Waals surface area contributed by atoms with Crippen molar-refractivity contribution in [1.29, 1.82) is 0 Å². The van der Waals surface area contributed by atoms with Crippen molar-refractivity contribution < 1.29 is 9.59 Å². The minimum atomic E-state index is -0.584. The molecule has 1 aromatic rings. The molecule has 2 amide bonds. The molecular formula is C15H20BrN3O2. The van der Waals surface area contributed by atoms with Crippen LogP contribution < -0.4 is 16.0 Å². The smallest absolute Gasteiger partial charge is 0.246 e. The van der Waals surface area contributed by atoms with Crippen molar-refractivity contribution >= 4 is 33.4 Å². The van der Waals surface area contributed by atoms with Crippen molar-refractivity contribution in [3.63, 3.8) is 0 Å². The van der Waals surface area contributed by atoms with Gasteiger partial charge >= 0.3 is 0 Å². The first-order valence-electron chi connectivity index (χ1n) is 7.02. The average Bonchev–Trinajstić information content (AvgIpc) is 2.86. The van der Waals surface area contributed by atoms with Crippen LogP contribution in [-0.4, -0.2) is 30.9 Å². The molecule has 6 heteroatoms. The number of amides is 2. The molecule has 0 saturated carbocycles. The quantitative estimate of drug-likeness (QED) is 0.859. The van der Waals surface area contributed by atoms with Crippen molar-refractivity contribution in [1.82, 2.24) is 5.32 Å². The summed E-state index contributed by atoms with van der Waals surface area (Å²) in [7, 11) is 0. The van der Waals surface area contributed by atoms with Gasteiger partial charge in [-0.3, -0.25) is 9.59 Å². The number of fused-ring (bicyclic) bond motifs is 1. The molecule has 1 aliphatic rings. The predicted molar refractivity (Wildman–Crippen MR) is 86.0 cm³/mol. The van der Waals surface area contributed by atoms with Crippen molar-refractivity contribution in [2.45, 2.75) is 26.3 Å². The van der Waals surface area contributed by atoms with Gasteiger partial charge in [-0.2, -0.15) is 0 Å². The number of carbonyl (C=O) groups is 2. The summed E-state index contributed by atoms with van der Waals surface area (Å²) in [5, 5.41) is 2.62. The summed E-state index contributed by atoms with van der Waals surface area (Å²) in [6, 6.07) is 5.28. The Morgan fingerprint density at radius 3 is 2.81 bits per heavy atom. The van der Waals surface area contributed by atoms with Gasteiger partial charge in [-0.1, -0.05) is 29.8 Å². The molecule has 5 nitrogen and oxygen atoms in total. The number of carbonyl (C=O) groups excluding carboxylic acids is 2. The zero-order valence-corrected chi connectivity index (χ0v) is 13.8. The summed E-state index contributed by atoms with van der Waals surface area (Å²) in [5.74, 6) is -0.348. The lowest BCUT2D eigenvalue weighted by Crippen LogP contribution is -2.47. The van der Waals surface area contributed by atoms with E-state index in [9.17, 15) is 9.59 Å². The van der Waals surface area contributed by atoms with Crippen LogP contribution in [0.4, 0.5) is 5.69 Å². The number of benzene rings is 1. The highest BCUT2D eigenvalue weighted by Crippen LogP contribution is 2.30. The van der Waals surface area contributed by atoms with E-state index in [2.05, 4.69) is 21.2 Å². The highest BCUT2D eigenvalue weighted by molar-refractivity contribution is 9.10. The highest BCUT2D eigenvalue weighted by atomic mass is 79.9. The number of hydrogen-bond donors (Lipinski definition) is 2. The summed E-state index contributed by atoms with van der Waals surface area (Å²) in [5.41, 5.74) is 7.81. The van der Waals surface area contributed by atoms with Crippen molar-refractivity contribution in [2.24, 2.45) is 11.7 Å². The van der Waals surface area contributed by atoms with Crippen LogP contribution in [0.15, 0.2) is 22.7 Å². The minimum absolute atomic E-state index is 0.0191. The van der Waals surface area contributed by atoms with Crippen molar-refractivity contribution in [3.8, 4) is 0 Å². The third kappa shape index (κ3) is 3.63. The molecule has 3 N–H and O–H groups in total.